The van der Waals surface area contributed by atoms with Gasteiger partial charge in [0, 0.05) is 20.6 Å². The Labute approximate surface area is 101 Å². The van der Waals surface area contributed by atoms with Gasteiger partial charge in [-0.25, -0.2) is 0 Å². The van der Waals surface area contributed by atoms with E-state index in [2.05, 4.69) is 38.8 Å². The fourth-order valence-electron chi connectivity index (χ4n) is 1.39. The molecule has 3 N–H and O–H groups in total. The molecule has 2 nitrogen and oxygen atoms in total. The van der Waals surface area contributed by atoms with Gasteiger partial charge < -0.3 is 10.8 Å². The molecule has 4 heteroatoms. The molecular weight excluding hydrogens is 310 g/mol. The van der Waals surface area contributed by atoms with Crippen LogP contribution in [0.2, 0.25) is 0 Å². The molecule has 0 radical (unpaired) electrons. The molecule has 0 saturated carbocycles. The Balaban J connectivity index is 3.07. The van der Waals surface area contributed by atoms with E-state index in [1.54, 1.807) is 6.07 Å². The van der Waals surface area contributed by atoms with Crippen molar-refractivity contribution in [2.75, 3.05) is 0 Å². The number of aromatic hydroxyl groups is 1. The first-order valence-corrected chi connectivity index (χ1v) is 6.08. The monoisotopic (exact) mass is 321 g/mol. The third kappa shape index (κ3) is 2.72. The number of phenols is 1. The van der Waals surface area contributed by atoms with Crippen molar-refractivity contribution in [2.24, 2.45) is 5.73 Å². The molecule has 1 aromatic rings. The molecule has 1 atom stereocenters. The van der Waals surface area contributed by atoms with E-state index in [9.17, 15) is 5.11 Å². The molecule has 0 amide bonds. The van der Waals surface area contributed by atoms with Crippen molar-refractivity contribution in [3.63, 3.8) is 0 Å². The number of benzene rings is 1. The van der Waals surface area contributed by atoms with Gasteiger partial charge in [-0.15, -0.1) is 0 Å². The van der Waals surface area contributed by atoms with Gasteiger partial charge in [0.15, 0.2) is 0 Å². The first kappa shape index (κ1) is 12.0. The first-order valence-electron chi connectivity index (χ1n) is 4.49. The lowest BCUT2D eigenvalue weighted by Gasteiger charge is -2.14. The molecule has 78 valence electrons. The molecule has 0 spiro atoms. The van der Waals surface area contributed by atoms with Gasteiger partial charge in [-0.05, 0) is 18.6 Å². The lowest BCUT2D eigenvalue weighted by atomic mass is 10.0. The maximum atomic E-state index is 9.73. The van der Waals surface area contributed by atoms with Crippen LogP contribution in [0.4, 0.5) is 0 Å². The Morgan fingerprint density at radius 1 is 1.43 bits per heavy atom. The molecule has 0 aromatic heterocycles. The topological polar surface area (TPSA) is 46.2 Å². The normalized spacial score (nSPS) is 12.9. The average molecular weight is 323 g/mol. The zero-order valence-electron chi connectivity index (χ0n) is 7.93. The minimum Gasteiger partial charge on any atom is -0.508 e. The summed E-state index contributed by atoms with van der Waals surface area (Å²) >= 11 is 6.70. The van der Waals surface area contributed by atoms with Gasteiger partial charge in [0.25, 0.3) is 0 Å². The van der Waals surface area contributed by atoms with Crippen molar-refractivity contribution in [1.82, 2.24) is 0 Å². The maximum absolute atomic E-state index is 9.73. The van der Waals surface area contributed by atoms with Crippen LogP contribution >= 0.6 is 31.9 Å². The Hall–Kier alpha value is -0.0600. The predicted molar refractivity (Wildman–Crippen MR) is 65.3 cm³/mol. The zero-order valence-corrected chi connectivity index (χ0v) is 11.1. The lowest BCUT2D eigenvalue weighted by Crippen LogP contribution is -2.10. The molecule has 1 aromatic carbocycles. The van der Waals surface area contributed by atoms with Crippen LogP contribution in [0.15, 0.2) is 21.1 Å². The summed E-state index contributed by atoms with van der Waals surface area (Å²) in [7, 11) is 0. The van der Waals surface area contributed by atoms with Crippen LogP contribution in [-0.2, 0) is 0 Å². The van der Waals surface area contributed by atoms with Crippen LogP contribution in [0.5, 0.6) is 5.75 Å². The summed E-state index contributed by atoms with van der Waals surface area (Å²) in [5, 5.41) is 9.73. The number of rotatable bonds is 3. The van der Waals surface area contributed by atoms with Crippen molar-refractivity contribution in [1.29, 1.82) is 0 Å². The summed E-state index contributed by atoms with van der Waals surface area (Å²) in [6, 6.07) is 3.45. The summed E-state index contributed by atoms with van der Waals surface area (Å²) in [5.41, 5.74) is 6.74. The van der Waals surface area contributed by atoms with Crippen molar-refractivity contribution in [3.8, 4) is 5.75 Å². The predicted octanol–water partition coefficient (Wildman–Crippen LogP) is 3.72. The fraction of sp³-hybridized carbons (Fsp3) is 0.400. The maximum Gasteiger partial charge on any atom is 0.122 e. The van der Waals surface area contributed by atoms with Gasteiger partial charge >= 0.3 is 0 Å². The number of phenolic OH excluding ortho intramolecular Hbond substituents is 1. The Bertz CT molecular complexity index is 305. The molecular formula is C10H13Br2NO. The molecule has 0 unspecified atom stereocenters. The molecule has 0 fully saturated rings. The quantitative estimate of drug-likeness (QED) is 0.891. The molecule has 14 heavy (non-hydrogen) atoms. The molecule has 0 aliphatic heterocycles. The van der Waals surface area contributed by atoms with E-state index in [4.69, 9.17) is 5.73 Å². The van der Waals surface area contributed by atoms with Crippen LogP contribution in [0, 0.1) is 0 Å². The highest BCUT2D eigenvalue weighted by Crippen LogP contribution is 2.35. The molecule has 0 aliphatic carbocycles. The summed E-state index contributed by atoms with van der Waals surface area (Å²) in [4.78, 5) is 0. The van der Waals surface area contributed by atoms with E-state index in [0.717, 1.165) is 27.4 Å². The van der Waals surface area contributed by atoms with E-state index in [0.29, 0.717) is 0 Å². The standard InChI is InChI=1S/C10H13Br2NO/c1-2-3-8(13)10-7(12)4-6(11)5-9(10)14/h4-5,8,14H,2-3,13H2,1H3/t8-/m1/s1. The second kappa shape index (κ2) is 5.14. The van der Waals surface area contributed by atoms with Gasteiger partial charge in [-0.1, -0.05) is 45.2 Å². The van der Waals surface area contributed by atoms with Gasteiger partial charge in [0.05, 0.1) is 0 Å². The summed E-state index contributed by atoms with van der Waals surface area (Å²) in [6.07, 6.45) is 1.87. The van der Waals surface area contributed by atoms with Crippen LogP contribution in [0.1, 0.15) is 31.4 Å². The minimum absolute atomic E-state index is 0.109. The summed E-state index contributed by atoms with van der Waals surface area (Å²) < 4.78 is 1.69. The van der Waals surface area contributed by atoms with E-state index < -0.39 is 0 Å². The highest BCUT2D eigenvalue weighted by atomic mass is 79.9. The van der Waals surface area contributed by atoms with Crippen molar-refractivity contribution in [3.05, 3.63) is 26.6 Å². The highest BCUT2D eigenvalue weighted by molar-refractivity contribution is 9.11. The van der Waals surface area contributed by atoms with E-state index in [1.165, 1.54) is 0 Å². The average Bonchev–Trinajstić information content (AvgIpc) is 2.01. The fourth-order valence-corrected chi connectivity index (χ4v) is 2.89. The highest BCUT2D eigenvalue weighted by Gasteiger charge is 2.14. The molecule has 0 saturated heterocycles. The number of hydrogen-bond acceptors (Lipinski definition) is 2. The minimum atomic E-state index is -0.109. The van der Waals surface area contributed by atoms with E-state index >= 15 is 0 Å². The van der Waals surface area contributed by atoms with Crippen molar-refractivity contribution >= 4 is 31.9 Å². The number of hydrogen-bond donors (Lipinski definition) is 2. The molecule has 0 aliphatic rings. The summed E-state index contributed by atoms with van der Waals surface area (Å²) in [6.45, 7) is 2.07. The van der Waals surface area contributed by atoms with Gasteiger partial charge in [0.1, 0.15) is 5.75 Å². The zero-order chi connectivity index (χ0) is 10.7. The SMILES string of the molecule is CCC[C@@H](N)c1c(O)cc(Br)cc1Br. The Morgan fingerprint density at radius 3 is 2.57 bits per heavy atom. The van der Waals surface area contributed by atoms with Crippen LogP contribution in [0.25, 0.3) is 0 Å². The van der Waals surface area contributed by atoms with Crippen molar-refractivity contribution in [2.45, 2.75) is 25.8 Å². The smallest absolute Gasteiger partial charge is 0.122 e. The lowest BCUT2D eigenvalue weighted by molar-refractivity contribution is 0.456. The second-order valence-corrected chi connectivity index (χ2v) is 4.99. The van der Waals surface area contributed by atoms with Gasteiger partial charge in [-0.2, -0.15) is 0 Å². The Morgan fingerprint density at radius 2 is 2.07 bits per heavy atom. The third-order valence-corrected chi connectivity index (χ3v) is 3.16. The molecule has 1 rings (SSSR count). The van der Waals surface area contributed by atoms with E-state index in [1.807, 2.05) is 6.07 Å². The van der Waals surface area contributed by atoms with Crippen molar-refractivity contribution < 1.29 is 5.11 Å². The van der Waals surface area contributed by atoms with E-state index in [-0.39, 0.29) is 11.8 Å². The first-order chi connectivity index (χ1) is 6.56. The summed E-state index contributed by atoms with van der Waals surface area (Å²) in [5.74, 6) is 0.243. The Kier molecular flexibility index (Phi) is 4.41. The molecule has 0 heterocycles. The van der Waals surface area contributed by atoms with Crippen LogP contribution in [-0.4, -0.2) is 5.11 Å². The molecule has 0 bridgehead atoms. The largest absolute Gasteiger partial charge is 0.508 e. The number of halogens is 2. The second-order valence-electron chi connectivity index (χ2n) is 3.22. The number of nitrogens with two attached hydrogens (primary N) is 1. The van der Waals surface area contributed by atoms with Crippen LogP contribution in [0.3, 0.4) is 0 Å². The van der Waals surface area contributed by atoms with Gasteiger partial charge in [-0.3, -0.25) is 0 Å². The van der Waals surface area contributed by atoms with Gasteiger partial charge in [0.2, 0.25) is 0 Å². The third-order valence-electron chi connectivity index (χ3n) is 2.04. The van der Waals surface area contributed by atoms with Crippen LogP contribution < -0.4 is 5.73 Å².